The molecule has 1 fully saturated rings. The number of nitrogens with zero attached hydrogens (tertiary/aromatic N) is 1. The third kappa shape index (κ3) is 2.14. The van der Waals surface area contributed by atoms with Crippen LogP contribution in [0.25, 0.3) is 0 Å². The SMILES string of the molecule is CC1CCN(C(=O)c2cc(Cl)ccc2O)C1. The Hall–Kier alpha value is -1.22. The largest absolute Gasteiger partial charge is 0.507 e. The van der Waals surface area contributed by atoms with Crippen LogP contribution >= 0.6 is 11.6 Å². The lowest BCUT2D eigenvalue weighted by Crippen LogP contribution is -2.28. The van der Waals surface area contributed by atoms with Crippen molar-refractivity contribution >= 4 is 17.5 Å². The van der Waals surface area contributed by atoms with Crippen molar-refractivity contribution in [2.45, 2.75) is 13.3 Å². The van der Waals surface area contributed by atoms with Crippen LogP contribution in [-0.4, -0.2) is 29.0 Å². The van der Waals surface area contributed by atoms with Gasteiger partial charge >= 0.3 is 0 Å². The second kappa shape index (κ2) is 4.34. The number of benzene rings is 1. The molecule has 86 valence electrons. The molecule has 1 heterocycles. The minimum atomic E-state index is -0.135. The van der Waals surface area contributed by atoms with E-state index in [-0.39, 0.29) is 11.7 Å². The fourth-order valence-corrected chi connectivity index (χ4v) is 2.14. The van der Waals surface area contributed by atoms with Gasteiger partial charge in [0.2, 0.25) is 0 Å². The van der Waals surface area contributed by atoms with E-state index in [9.17, 15) is 9.90 Å². The molecule has 0 aliphatic carbocycles. The van der Waals surface area contributed by atoms with E-state index in [2.05, 4.69) is 6.92 Å². The summed E-state index contributed by atoms with van der Waals surface area (Å²) in [4.78, 5) is 13.8. The Balaban J connectivity index is 2.23. The standard InChI is InChI=1S/C12H14ClNO2/c1-8-4-5-14(7-8)12(16)10-6-9(13)2-3-11(10)15/h2-3,6,8,15H,4-5,7H2,1H3. The fraction of sp³-hybridized carbons (Fsp3) is 0.417. The number of hydrogen-bond donors (Lipinski definition) is 1. The zero-order chi connectivity index (χ0) is 11.7. The molecule has 1 atom stereocenters. The molecule has 4 heteroatoms. The number of carbonyl (C=O) groups is 1. The lowest BCUT2D eigenvalue weighted by atomic mass is 10.1. The highest BCUT2D eigenvalue weighted by atomic mass is 35.5. The van der Waals surface area contributed by atoms with Crippen LogP contribution in [0.5, 0.6) is 5.75 Å². The monoisotopic (exact) mass is 239 g/mol. The first kappa shape index (κ1) is 11.3. The van der Waals surface area contributed by atoms with E-state index in [0.717, 1.165) is 19.5 Å². The summed E-state index contributed by atoms with van der Waals surface area (Å²) in [5.74, 6) is 0.392. The average molecular weight is 240 g/mol. The van der Waals surface area contributed by atoms with E-state index in [1.807, 2.05) is 0 Å². The zero-order valence-electron chi connectivity index (χ0n) is 9.11. The number of amides is 1. The Labute approximate surface area is 99.6 Å². The van der Waals surface area contributed by atoms with Gasteiger partial charge in [-0.05, 0) is 30.5 Å². The predicted octanol–water partition coefficient (Wildman–Crippen LogP) is 2.53. The Bertz CT molecular complexity index is 419. The van der Waals surface area contributed by atoms with Crippen molar-refractivity contribution in [3.63, 3.8) is 0 Å². The second-order valence-electron chi connectivity index (χ2n) is 4.31. The van der Waals surface area contributed by atoms with Gasteiger partial charge in [-0.2, -0.15) is 0 Å². The molecule has 0 bridgehead atoms. The van der Waals surface area contributed by atoms with Gasteiger partial charge in [-0.3, -0.25) is 4.79 Å². The molecule has 1 saturated heterocycles. The topological polar surface area (TPSA) is 40.5 Å². The molecule has 1 N–H and O–H groups in total. The highest BCUT2D eigenvalue weighted by Crippen LogP contribution is 2.25. The van der Waals surface area contributed by atoms with Crippen LogP contribution in [0.15, 0.2) is 18.2 Å². The maximum atomic E-state index is 12.1. The van der Waals surface area contributed by atoms with E-state index < -0.39 is 0 Å². The quantitative estimate of drug-likeness (QED) is 0.818. The van der Waals surface area contributed by atoms with Crippen molar-refractivity contribution in [3.8, 4) is 5.75 Å². The molecular formula is C12H14ClNO2. The van der Waals surface area contributed by atoms with Crippen LogP contribution in [0, 0.1) is 5.92 Å². The Kier molecular flexibility index (Phi) is 3.06. The molecule has 1 aliphatic rings. The number of likely N-dealkylation sites (tertiary alicyclic amines) is 1. The lowest BCUT2D eigenvalue weighted by Gasteiger charge is -2.16. The number of halogens is 1. The molecular weight excluding hydrogens is 226 g/mol. The molecule has 3 nitrogen and oxygen atoms in total. The number of rotatable bonds is 1. The summed E-state index contributed by atoms with van der Waals surface area (Å²) in [6.07, 6.45) is 1.02. The summed E-state index contributed by atoms with van der Waals surface area (Å²) < 4.78 is 0. The van der Waals surface area contributed by atoms with Gasteiger partial charge in [-0.15, -0.1) is 0 Å². The normalized spacial score (nSPS) is 20.1. The van der Waals surface area contributed by atoms with Gasteiger partial charge < -0.3 is 10.0 Å². The molecule has 0 spiro atoms. The van der Waals surface area contributed by atoms with Crippen LogP contribution in [0.1, 0.15) is 23.7 Å². The van der Waals surface area contributed by atoms with E-state index in [1.54, 1.807) is 11.0 Å². The van der Waals surface area contributed by atoms with Crippen molar-refractivity contribution in [3.05, 3.63) is 28.8 Å². The number of aromatic hydroxyl groups is 1. The minimum absolute atomic E-state index is 0.00560. The summed E-state index contributed by atoms with van der Waals surface area (Å²) in [6, 6.07) is 4.54. The Morgan fingerprint density at radius 3 is 2.94 bits per heavy atom. The number of hydrogen-bond acceptors (Lipinski definition) is 2. The highest BCUT2D eigenvalue weighted by Gasteiger charge is 2.25. The molecule has 16 heavy (non-hydrogen) atoms. The van der Waals surface area contributed by atoms with Crippen molar-refractivity contribution in [1.29, 1.82) is 0 Å². The Morgan fingerprint density at radius 2 is 2.31 bits per heavy atom. The van der Waals surface area contributed by atoms with Crippen molar-refractivity contribution in [2.75, 3.05) is 13.1 Å². The minimum Gasteiger partial charge on any atom is -0.507 e. The summed E-state index contributed by atoms with van der Waals surface area (Å²) in [6.45, 7) is 3.63. The molecule has 1 unspecified atom stereocenters. The predicted molar refractivity (Wildman–Crippen MR) is 62.8 cm³/mol. The van der Waals surface area contributed by atoms with Crippen LogP contribution in [0.2, 0.25) is 5.02 Å². The summed E-state index contributed by atoms with van der Waals surface area (Å²) >= 11 is 5.81. The van der Waals surface area contributed by atoms with Crippen molar-refractivity contribution in [2.24, 2.45) is 5.92 Å². The zero-order valence-corrected chi connectivity index (χ0v) is 9.87. The number of carbonyl (C=O) groups excluding carboxylic acids is 1. The fourth-order valence-electron chi connectivity index (χ4n) is 1.97. The lowest BCUT2D eigenvalue weighted by molar-refractivity contribution is 0.0785. The molecule has 1 aromatic carbocycles. The highest BCUT2D eigenvalue weighted by molar-refractivity contribution is 6.31. The van der Waals surface area contributed by atoms with E-state index >= 15 is 0 Å². The van der Waals surface area contributed by atoms with Gasteiger partial charge in [0.25, 0.3) is 5.91 Å². The van der Waals surface area contributed by atoms with Crippen LogP contribution in [-0.2, 0) is 0 Å². The maximum Gasteiger partial charge on any atom is 0.257 e. The van der Waals surface area contributed by atoms with Gasteiger partial charge in [0, 0.05) is 18.1 Å². The van der Waals surface area contributed by atoms with Gasteiger partial charge in [-0.1, -0.05) is 18.5 Å². The summed E-state index contributed by atoms with van der Waals surface area (Å²) in [5.41, 5.74) is 0.293. The molecule has 0 aromatic heterocycles. The molecule has 1 aromatic rings. The van der Waals surface area contributed by atoms with Crippen LogP contribution in [0.4, 0.5) is 0 Å². The Morgan fingerprint density at radius 1 is 1.56 bits per heavy atom. The van der Waals surface area contributed by atoms with Crippen LogP contribution < -0.4 is 0 Å². The molecule has 2 rings (SSSR count). The molecule has 1 aliphatic heterocycles. The summed E-state index contributed by atoms with van der Waals surface area (Å²) in [7, 11) is 0. The second-order valence-corrected chi connectivity index (χ2v) is 4.74. The van der Waals surface area contributed by atoms with Gasteiger partial charge in [0.1, 0.15) is 5.75 Å². The smallest absolute Gasteiger partial charge is 0.257 e. The van der Waals surface area contributed by atoms with Crippen LogP contribution in [0.3, 0.4) is 0 Å². The molecule has 1 amide bonds. The van der Waals surface area contributed by atoms with Gasteiger partial charge in [0.05, 0.1) is 5.56 Å². The van der Waals surface area contributed by atoms with Crippen molar-refractivity contribution in [1.82, 2.24) is 4.90 Å². The molecule has 0 radical (unpaired) electrons. The van der Waals surface area contributed by atoms with Gasteiger partial charge in [-0.25, -0.2) is 0 Å². The first-order chi connectivity index (χ1) is 7.58. The number of phenolic OH excluding ortho intramolecular Hbond substituents is 1. The van der Waals surface area contributed by atoms with E-state index in [1.165, 1.54) is 12.1 Å². The third-order valence-corrected chi connectivity index (χ3v) is 3.14. The third-order valence-electron chi connectivity index (χ3n) is 2.90. The first-order valence-electron chi connectivity index (χ1n) is 5.35. The van der Waals surface area contributed by atoms with Crippen molar-refractivity contribution < 1.29 is 9.90 Å². The van der Waals surface area contributed by atoms with E-state index in [0.29, 0.717) is 16.5 Å². The van der Waals surface area contributed by atoms with E-state index in [4.69, 9.17) is 11.6 Å². The summed E-state index contributed by atoms with van der Waals surface area (Å²) in [5, 5.41) is 10.1. The van der Waals surface area contributed by atoms with Gasteiger partial charge in [0.15, 0.2) is 0 Å². The first-order valence-corrected chi connectivity index (χ1v) is 5.73. The average Bonchev–Trinajstić information content (AvgIpc) is 2.67. The number of phenols is 1. The molecule has 0 saturated carbocycles. The maximum absolute atomic E-state index is 12.1.